The number of hydrogen-bond acceptors (Lipinski definition) is 2. The summed E-state index contributed by atoms with van der Waals surface area (Å²) in [6.07, 6.45) is -17.9. The average Bonchev–Trinajstić information content (AvgIpc) is 2.47. The Morgan fingerprint density at radius 2 is 1.11 bits per heavy atom. The maximum Gasteiger partial charge on any atom is 0.453 e. The molecule has 0 rings (SSSR count). The molecule has 0 spiro atoms. The van der Waals surface area contributed by atoms with E-state index in [0.717, 1.165) is 6.92 Å². The monoisotopic (exact) mass is 430 g/mol. The normalized spacial score (nSPS) is 16.8. The topological polar surface area (TPSA) is 26.3 Å². The van der Waals surface area contributed by atoms with Crippen LogP contribution in [0, 0.1) is 5.41 Å². The number of alkyl halides is 12. The molecule has 2 nitrogen and oxygen atoms in total. The Morgan fingerprint density at radius 3 is 1.44 bits per heavy atom. The average molecular weight is 430 g/mol. The molecule has 0 aliphatic carbocycles. The summed E-state index contributed by atoms with van der Waals surface area (Å²) in [5.41, 5.74) is -3.30. The molecule has 14 heteroatoms. The maximum atomic E-state index is 13.4. The second-order valence-electron chi connectivity index (χ2n) is 5.87. The highest BCUT2D eigenvalue weighted by Crippen LogP contribution is 2.46. The van der Waals surface area contributed by atoms with Gasteiger partial charge in [-0.15, -0.1) is 0 Å². The van der Waals surface area contributed by atoms with E-state index in [4.69, 9.17) is 0 Å². The smallest absolute Gasteiger partial charge is 0.453 e. The number of carbonyl (C=O) groups is 1. The van der Waals surface area contributed by atoms with Gasteiger partial charge >= 0.3 is 36.1 Å². The van der Waals surface area contributed by atoms with E-state index in [9.17, 15) is 57.5 Å². The molecular formula is C13H14F12O2. The van der Waals surface area contributed by atoms with Gasteiger partial charge < -0.3 is 4.74 Å². The molecule has 0 radical (unpaired) electrons. The largest absolute Gasteiger partial charge is 0.458 e. The number of rotatable bonds is 8. The zero-order valence-electron chi connectivity index (χ0n) is 13.7. The van der Waals surface area contributed by atoms with Crippen LogP contribution in [0.5, 0.6) is 0 Å². The summed E-state index contributed by atoms with van der Waals surface area (Å²) < 4.78 is 156. The van der Waals surface area contributed by atoms with Crippen LogP contribution in [0.3, 0.4) is 0 Å². The van der Waals surface area contributed by atoms with Gasteiger partial charge in [-0.3, -0.25) is 4.79 Å². The van der Waals surface area contributed by atoms with Crippen LogP contribution < -0.4 is 0 Å². The predicted octanol–water partition coefficient (Wildman–Crippen LogP) is 5.76. The van der Waals surface area contributed by atoms with Crippen molar-refractivity contribution in [2.24, 2.45) is 5.41 Å². The van der Waals surface area contributed by atoms with Gasteiger partial charge in [-0.1, -0.05) is 6.92 Å². The summed E-state index contributed by atoms with van der Waals surface area (Å²) in [6.45, 7) is -1.54. The third-order valence-electron chi connectivity index (χ3n) is 3.87. The lowest BCUT2D eigenvalue weighted by Gasteiger charge is -2.31. The minimum atomic E-state index is -6.26. The van der Waals surface area contributed by atoms with Crippen LogP contribution in [0.15, 0.2) is 0 Å². The van der Waals surface area contributed by atoms with Crippen LogP contribution in [-0.4, -0.2) is 42.7 Å². The third kappa shape index (κ3) is 5.56. The predicted molar refractivity (Wildman–Crippen MR) is 65.5 cm³/mol. The number of ether oxygens (including phenoxy) is 1. The van der Waals surface area contributed by atoms with Crippen molar-refractivity contribution in [2.75, 3.05) is 6.61 Å². The molecule has 27 heavy (non-hydrogen) atoms. The van der Waals surface area contributed by atoms with E-state index in [2.05, 4.69) is 4.74 Å². The second-order valence-corrected chi connectivity index (χ2v) is 5.87. The Morgan fingerprint density at radius 1 is 0.704 bits per heavy atom. The lowest BCUT2D eigenvalue weighted by atomic mass is 9.87. The molecule has 0 heterocycles. The van der Waals surface area contributed by atoms with Crippen LogP contribution in [0.1, 0.15) is 33.1 Å². The Hall–Kier alpha value is -1.37. The van der Waals surface area contributed by atoms with E-state index in [1.165, 1.54) is 0 Å². The van der Waals surface area contributed by atoms with Crippen molar-refractivity contribution < 1.29 is 62.2 Å². The molecule has 0 N–H and O–H groups in total. The van der Waals surface area contributed by atoms with Crippen LogP contribution >= 0.6 is 0 Å². The van der Waals surface area contributed by atoms with Crippen LogP contribution in [0.4, 0.5) is 52.7 Å². The molecule has 0 aliphatic heterocycles. The first-order valence-corrected chi connectivity index (χ1v) is 7.09. The molecule has 1 atom stereocenters. The summed E-state index contributed by atoms with van der Waals surface area (Å²) in [4.78, 5) is 11.4. The summed E-state index contributed by atoms with van der Waals surface area (Å²) in [5.74, 6) is -19.0. The summed E-state index contributed by atoms with van der Waals surface area (Å²) in [5, 5.41) is 0. The first-order valence-electron chi connectivity index (χ1n) is 7.09. The Kier molecular flexibility index (Phi) is 7.18. The van der Waals surface area contributed by atoms with Crippen LogP contribution in [0.2, 0.25) is 0 Å². The molecule has 0 aromatic rings. The van der Waals surface area contributed by atoms with Gasteiger partial charge in [0.2, 0.25) is 0 Å². The number of carbonyl (C=O) groups excluding carboxylic acids is 1. The van der Waals surface area contributed by atoms with Crippen molar-refractivity contribution in [3.8, 4) is 0 Å². The molecule has 162 valence electrons. The minimum Gasteiger partial charge on any atom is -0.458 e. The highest BCUT2D eigenvalue weighted by molar-refractivity contribution is 5.77. The van der Waals surface area contributed by atoms with Crippen molar-refractivity contribution in [3.63, 3.8) is 0 Å². The minimum absolute atomic E-state index is 0.259. The standard InChI is InChI=1S/C13H14F12O2/c1-3-8(2,12(20,21)22)7(26)27-6-11(18,19)9(14,15)4-5-10(16,17)13(23,24)25/h3-6H2,1-2H3. The van der Waals surface area contributed by atoms with Crippen molar-refractivity contribution in [1.29, 1.82) is 0 Å². The summed E-state index contributed by atoms with van der Waals surface area (Å²) in [7, 11) is 0. The molecule has 0 aromatic heterocycles. The van der Waals surface area contributed by atoms with Crippen molar-refractivity contribution in [1.82, 2.24) is 0 Å². The summed E-state index contributed by atoms with van der Waals surface area (Å²) >= 11 is 0. The van der Waals surface area contributed by atoms with E-state index in [1.807, 2.05) is 0 Å². The zero-order chi connectivity index (χ0) is 22.1. The van der Waals surface area contributed by atoms with Crippen molar-refractivity contribution in [3.05, 3.63) is 0 Å². The SMILES string of the molecule is CCC(C)(C(=O)OCC(F)(F)C(F)(F)CCC(F)(F)C(F)(F)F)C(F)(F)F. The van der Waals surface area contributed by atoms with Crippen LogP contribution in [-0.2, 0) is 9.53 Å². The third-order valence-corrected chi connectivity index (χ3v) is 3.87. The van der Waals surface area contributed by atoms with Crippen molar-refractivity contribution in [2.45, 2.75) is 63.2 Å². The molecule has 0 aliphatic rings. The van der Waals surface area contributed by atoms with Gasteiger partial charge in [0.25, 0.3) is 0 Å². The van der Waals surface area contributed by atoms with E-state index >= 15 is 0 Å². The summed E-state index contributed by atoms with van der Waals surface area (Å²) in [6, 6.07) is 0. The van der Waals surface area contributed by atoms with Gasteiger partial charge in [-0.25, -0.2) is 0 Å². The quantitative estimate of drug-likeness (QED) is 0.362. The van der Waals surface area contributed by atoms with Gasteiger partial charge in [-0.2, -0.15) is 52.7 Å². The van der Waals surface area contributed by atoms with Gasteiger partial charge in [0.15, 0.2) is 12.0 Å². The van der Waals surface area contributed by atoms with Crippen molar-refractivity contribution >= 4 is 5.97 Å². The van der Waals surface area contributed by atoms with E-state index < -0.39 is 67.4 Å². The van der Waals surface area contributed by atoms with E-state index in [1.54, 1.807) is 0 Å². The first kappa shape index (κ1) is 25.6. The Balaban J connectivity index is 5.17. The number of halogens is 12. The van der Waals surface area contributed by atoms with Crippen LogP contribution in [0.25, 0.3) is 0 Å². The maximum absolute atomic E-state index is 13.4. The highest BCUT2D eigenvalue weighted by Gasteiger charge is 2.63. The number of esters is 1. The molecule has 0 saturated heterocycles. The fourth-order valence-electron chi connectivity index (χ4n) is 1.52. The highest BCUT2D eigenvalue weighted by atomic mass is 19.4. The molecular weight excluding hydrogens is 416 g/mol. The first-order chi connectivity index (χ1) is 11.6. The van der Waals surface area contributed by atoms with E-state index in [0.29, 0.717) is 0 Å². The van der Waals surface area contributed by atoms with E-state index in [-0.39, 0.29) is 6.92 Å². The zero-order valence-corrected chi connectivity index (χ0v) is 13.7. The fraction of sp³-hybridized carbons (Fsp3) is 0.923. The molecule has 0 aromatic carbocycles. The molecule has 1 unspecified atom stereocenters. The Labute approximate surface area is 144 Å². The fourth-order valence-corrected chi connectivity index (χ4v) is 1.52. The molecule has 0 fully saturated rings. The van der Waals surface area contributed by atoms with Gasteiger partial charge in [-0.05, 0) is 13.3 Å². The lowest BCUT2D eigenvalue weighted by molar-refractivity contribution is -0.295. The molecule has 0 bridgehead atoms. The van der Waals surface area contributed by atoms with Gasteiger partial charge in [0, 0.05) is 12.8 Å². The Bertz CT molecular complexity index is 522. The lowest BCUT2D eigenvalue weighted by Crippen LogP contribution is -2.49. The molecule has 0 saturated carbocycles. The van der Waals surface area contributed by atoms with Gasteiger partial charge in [0.05, 0.1) is 0 Å². The van der Waals surface area contributed by atoms with Gasteiger partial charge in [0.1, 0.15) is 0 Å². The molecule has 0 amide bonds. The number of hydrogen-bond donors (Lipinski definition) is 0. The second kappa shape index (κ2) is 7.57.